The number of thiazole rings is 1. The maximum atomic E-state index is 12.0. The third-order valence-corrected chi connectivity index (χ3v) is 4.31. The van der Waals surface area contributed by atoms with E-state index in [9.17, 15) is 4.79 Å². The quantitative estimate of drug-likeness (QED) is 0.804. The first-order chi connectivity index (χ1) is 10.7. The molecule has 3 heterocycles. The topological polar surface area (TPSA) is 67.8 Å². The van der Waals surface area contributed by atoms with E-state index in [-0.39, 0.29) is 5.91 Å². The van der Waals surface area contributed by atoms with Crippen LogP contribution in [0.15, 0.2) is 48.9 Å². The van der Waals surface area contributed by atoms with Gasteiger partial charge in [-0.1, -0.05) is 6.07 Å². The summed E-state index contributed by atoms with van der Waals surface area (Å²) in [5, 5.41) is 3.78. The zero-order chi connectivity index (χ0) is 15.4. The molecule has 5 nitrogen and oxygen atoms in total. The Balaban J connectivity index is 1.71. The van der Waals surface area contributed by atoms with Gasteiger partial charge in [0.05, 0.1) is 12.2 Å². The average molecular weight is 310 g/mol. The van der Waals surface area contributed by atoms with Crippen molar-refractivity contribution in [2.24, 2.45) is 0 Å². The molecular formula is C16H14N4OS. The summed E-state index contributed by atoms with van der Waals surface area (Å²) in [6.45, 7) is 2.39. The number of pyridine rings is 2. The lowest BCUT2D eigenvalue weighted by atomic mass is 10.3. The summed E-state index contributed by atoms with van der Waals surface area (Å²) in [6, 6.07) is 9.12. The summed E-state index contributed by atoms with van der Waals surface area (Å²) >= 11 is 1.56. The summed E-state index contributed by atoms with van der Waals surface area (Å²) < 4.78 is 0. The molecule has 0 radical (unpaired) electrons. The number of aromatic nitrogens is 3. The number of amides is 1. The number of nitrogens with zero attached hydrogens (tertiary/aromatic N) is 3. The van der Waals surface area contributed by atoms with E-state index in [0.29, 0.717) is 12.2 Å². The Morgan fingerprint density at radius 1 is 1.23 bits per heavy atom. The predicted molar refractivity (Wildman–Crippen MR) is 85.5 cm³/mol. The first-order valence-corrected chi connectivity index (χ1v) is 7.61. The molecule has 0 aliphatic rings. The normalized spacial score (nSPS) is 10.4. The minimum absolute atomic E-state index is 0.184. The Bertz CT molecular complexity index is 771. The molecule has 3 aromatic heterocycles. The van der Waals surface area contributed by atoms with Gasteiger partial charge in [0, 0.05) is 29.0 Å². The van der Waals surface area contributed by atoms with Gasteiger partial charge in [0.15, 0.2) is 0 Å². The minimum Gasteiger partial charge on any atom is -0.346 e. The van der Waals surface area contributed by atoms with Gasteiger partial charge in [-0.15, -0.1) is 11.3 Å². The fraction of sp³-hybridized carbons (Fsp3) is 0.125. The summed E-state index contributed by atoms with van der Waals surface area (Å²) in [6.07, 6.45) is 5.12. The van der Waals surface area contributed by atoms with Gasteiger partial charge in [0.25, 0.3) is 5.91 Å². The lowest BCUT2D eigenvalue weighted by molar-refractivity contribution is 0.0946. The first kappa shape index (κ1) is 14.3. The second-order valence-electron chi connectivity index (χ2n) is 4.67. The van der Waals surface area contributed by atoms with Crippen molar-refractivity contribution in [2.45, 2.75) is 13.5 Å². The van der Waals surface area contributed by atoms with Crippen molar-refractivity contribution in [1.29, 1.82) is 0 Å². The Morgan fingerprint density at radius 2 is 2.14 bits per heavy atom. The Labute approximate surface area is 132 Å². The molecule has 0 unspecified atom stereocenters. The third kappa shape index (κ3) is 3.17. The van der Waals surface area contributed by atoms with Crippen molar-refractivity contribution in [3.05, 3.63) is 65.2 Å². The van der Waals surface area contributed by atoms with Crippen molar-refractivity contribution in [1.82, 2.24) is 20.3 Å². The van der Waals surface area contributed by atoms with Gasteiger partial charge in [-0.2, -0.15) is 0 Å². The molecule has 0 atom stereocenters. The maximum Gasteiger partial charge on any atom is 0.270 e. The van der Waals surface area contributed by atoms with E-state index in [1.165, 1.54) is 0 Å². The summed E-state index contributed by atoms with van der Waals surface area (Å²) in [4.78, 5) is 25.7. The Hall–Kier alpha value is -2.60. The molecule has 3 aromatic rings. The smallest absolute Gasteiger partial charge is 0.270 e. The highest BCUT2D eigenvalue weighted by atomic mass is 32.1. The number of rotatable bonds is 4. The monoisotopic (exact) mass is 310 g/mol. The van der Waals surface area contributed by atoms with Crippen LogP contribution in [-0.2, 0) is 6.54 Å². The number of carbonyl (C=O) groups excluding carboxylic acids is 1. The molecule has 0 aliphatic heterocycles. The number of aryl methyl sites for hydroxylation is 1. The molecule has 6 heteroatoms. The molecule has 0 aromatic carbocycles. The molecule has 110 valence electrons. The number of hydrogen-bond donors (Lipinski definition) is 1. The van der Waals surface area contributed by atoms with E-state index in [1.807, 2.05) is 19.1 Å². The molecule has 0 saturated heterocycles. The van der Waals surface area contributed by atoms with Gasteiger partial charge < -0.3 is 5.32 Å². The highest BCUT2D eigenvalue weighted by molar-refractivity contribution is 7.15. The lowest BCUT2D eigenvalue weighted by Crippen LogP contribution is -2.23. The molecule has 0 aliphatic carbocycles. The minimum atomic E-state index is -0.184. The average Bonchev–Trinajstić information content (AvgIpc) is 2.95. The van der Waals surface area contributed by atoms with Crippen LogP contribution in [0.4, 0.5) is 0 Å². The van der Waals surface area contributed by atoms with Gasteiger partial charge in [0.2, 0.25) is 0 Å². The fourth-order valence-electron chi connectivity index (χ4n) is 1.95. The van der Waals surface area contributed by atoms with E-state index < -0.39 is 0 Å². The van der Waals surface area contributed by atoms with Crippen LogP contribution in [0.3, 0.4) is 0 Å². The molecule has 22 heavy (non-hydrogen) atoms. The van der Waals surface area contributed by atoms with E-state index >= 15 is 0 Å². The highest BCUT2D eigenvalue weighted by Crippen LogP contribution is 2.27. The van der Waals surface area contributed by atoms with E-state index in [0.717, 1.165) is 21.1 Å². The summed E-state index contributed by atoms with van der Waals surface area (Å²) in [5.41, 5.74) is 2.32. The second-order valence-corrected chi connectivity index (χ2v) is 5.75. The third-order valence-electron chi connectivity index (χ3n) is 3.11. The van der Waals surface area contributed by atoms with Crippen molar-refractivity contribution in [3.8, 4) is 10.6 Å². The van der Waals surface area contributed by atoms with Gasteiger partial charge in [-0.3, -0.25) is 14.8 Å². The van der Waals surface area contributed by atoms with E-state index in [4.69, 9.17) is 0 Å². The van der Waals surface area contributed by atoms with Crippen LogP contribution < -0.4 is 5.32 Å². The van der Waals surface area contributed by atoms with E-state index in [1.54, 1.807) is 48.1 Å². The van der Waals surface area contributed by atoms with Gasteiger partial charge in [0.1, 0.15) is 10.7 Å². The van der Waals surface area contributed by atoms with Crippen LogP contribution in [0.2, 0.25) is 0 Å². The molecular weight excluding hydrogens is 296 g/mol. The Morgan fingerprint density at radius 3 is 2.86 bits per heavy atom. The highest BCUT2D eigenvalue weighted by Gasteiger charge is 2.11. The molecule has 1 amide bonds. The van der Waals surface area contributed by atoms with E-state index in [2.05, 4.69) is 20.3 Å². The molecule has 1 N–H and O–H groups in total. The van der Waals surface area contributed by atoms with Gasteiger partial charge in [-0.05, 0) is 31.2 Å². The SMILES string of the molecule is Cc1nc(-c2cccnc2)sc1CNC(=O)c1ccccn1. The number of hydrogen-bond acceptors (Lipinski definition) is 5. The Kier molecular flexibility index (Phi) is 4.20. The number of carbonyl (C=O) groups is 1. The molecule has 3 rings (SSSR count). The molecule has 0 spiro atoms. The van der Waals surface area contributed by atoms with Crippen LogP contribution in [0.25, 0.3) is 10.6 Å². The predicted octanol–water partition coefficient (Wildman–Crippen LogP) is 2.84. The standard InChI is InChI=1S/C16H14N4OS/c1-11-14(10-19-15(21)13-6-2-3-8-18-13)22-16(20-11)12-5-4-7-17-9-12/h2-9H,10H2,1H3,(H,19,21). The fourth-order valence-corrected chi connectivity index (χ4v) is 2.95. The zero-order valence-electron chi connectivity index (χ0n) is 12.0. The summed E-state index contributed by atoms with van der Waals surface area (Å²) in [7, 11) is 0. The number of nitrogens with one attached hydrogen (secondary N) is 1. The largest absolute Gasteiger partial charge is 0.346 e. The van der Waals surface area contributed by atoms with Crippen molar-refractivity contribution in [3.63, 3.8) is 0 Å². The molecule has 0 bridgehead atoms. The van der Waals surface area contributed by atoms with Gasteiger partial charge in [-0.25, -0.2) is 4.98 Å². The van der Waals surface area contributed by atoms with Gasteiger partial charge >= 0.3 is 0 Å². The lowest BCUT2D eigenvalue weighted by Gasteiger charge is -2.02. The van der Waals surface area contributed by atoms with Crippen molar-refractivity contribution < 1.29 is 4.79 Å². The van der Waals surface area contributed by atoms with Crippen LogP contribution in [0.1, 0.15) is 21.1 Å². The van der Waals surface area contributed by atoms with Crippen LogP contribution in [0.5, 0.6) is 0 Å². The van der Waals surface area contributed by atoms with Crippen molar-refractivity contribution in [2.75, 3.05) is 0 Å². The van der Waals surface area contributed by atoms with Crippen LogP contribution in [0, 0.1) is 6.92 Å². The van der Waals surface area contributed by atoms with Crippen LogP contribution in [-0.4, -0.2) is 20.9 Å². The molecule has 0 saturated carbocycles. The van der Waals surface area contributed by atoms with Crippen LogP contribution >= 0.6 is 11.3 Å². The maximum absolute atomic E-state index is 12.0. The summed E-state index contributed by atoms with van der Waals surface area (Å²) in [5.74, 6) is -0.184. The first-order valence-electron chi connectivity index (χ1n) is 6.80. The second kappa shape index (κ2) is 6.44. The molecule has 0 fully saturated rings. The zero-order valence-corrected chi connectivity index (χ0v) is 12.8. The van der Waals surface area contributed by atoms with Crippen molar-refractivity contribution >= 4 is 17.2 Å².